The third-order valence-corrected chi connectivity index (χ3v) is 4.68. The third kappa shape index (κ3) is 5.26. The number of hydrogen-bond acceptors (Lipinski definition) is 4. The van der Waals surface area contributed by atoms with E-state index in [1.807, 2.05) is 60.7 Å². The van der Waals surface area contributed by atoms with E-state index in [2.05, 4.69) is 41.1 Å². The minimum Gasteiger partial charge on any atom is -0.372 e. The van der Waals surface area contributed by atoms with E-state index in [9.17, 15) is 4.79 Å². The van der Waals surface area contributed by atoms with Gasteiger partial charge in [0.25, 0.3) is 0 Å². The molecule has 3 aromatic carbocycles. The van der Waals surface area contributed by atoms with E-state index in [0.29, 0.717) is 11.3 Å². The van der Waals surface area contributed by atoms with E-state index < -0.39 is 0 Å². The molecule has 0 heterocycles. The Bertz CT molecular complexity index is 974. The van der Waals surface area contributed by atoms with Crippen LogP contribution in [0.3, 0.4) is 0 Å². The van der Waals surface area contributed by atoms with E-state index in [1.54, 1.807) is 18.3 Å². The second kappa shape index (κ2) is 10.1. The Balaban J connectivity index is 1.86. The van der Waals surface area contributed by atoms with Crippen LogP contribution < -0.4 is 4.90 Å². The summed E-state index contributed by atoms with van der Waals surface area (Å²) in [6, 6.07) is 26.7. The third-order valence-electron chi connectivity index (χ3n) is 4.68. The molecule has 0 spiro atoms. The summed E-state index contributed by atoms with van der Waals surface area (Å²) in [5.41, 5.74) is 3.78. The highest BCUT2D eigenvalue weighted by Gasteiger charge is 2.16. The molecule has 29 heavy (non-hydrogen) atoms. The Hall–Kier alpha value is -3.53. The smallest absolute Gasteiger partial charge is 0.213 e. The molecule has 146 valence electrons. The van der Waals surface area contributed by atoms with E-state index in [1.165, 1.54) is 5.69 Å². The molecule has 0 amide bonds. The van der Waals surface area contributed by atoms with Crippen molar-refractivity contribution in [1.82, 2.24) is 0 Å². The van der Waals surface area contributed by atoms with E-state index >= 15 is 0 Å². The molecule has 4 heteroatoms. The summed E-state index contributed by atoms with van der Waals surface area (Å²) >= 11 is 0. The van der Waals surface area contributed by atoms with Crippen molar-refractivity contribution in [2.45, 2.75) is 13.8 Å². The summed E-state index contributed by atoms with van der Waals surface area (Å²) in [7, 11) is 0. The predicted octanol–water partition coefficient (Wildman–Crippen LogP) is 5.24. The van der Waals surface area contributed by atoms with E-state index in [0.717, 1.165) is 24.2 Å². The molecule has 3 aromatic rings. The van der Waals surface area contributed by atoms with Gasteiger partial charge in [-0.1, -0.05) is 72.8 Å². The Morgan fingerprint density at radius 1 is 0.793 bits per heavy atom. The van der Waals surface area contributed by atoms with Crippen LogP contribution in [0.4, 0.5) is 5.69 Å². The quantitative estimate of drug-likeness (QED) is 0.303. The van der Waals surface area contributed by atoms with Crippen LogP contribution in [0.15, 0.2) is 95.1 Å². The molecule has 0 saturated carbocycles. The van der Waals surface area contributed by atoms with Gasteiger partial charge in [-0.25, -0.2) is 0 Å². The molecular weight excluding hydrogens is 358 g/mol. The molecule has 0 N–H and O–H groups in total. The molecule has 0 radical (unpaired) electrons. The first-order valence-electron chi connectivity index (χ1n) is 9.84. The van der Waals surface area contributed by atoms with Gasteiger partial charge >= 0.3 is 0 Å². The summed E-state index contributed by atoms with van der Waals surface area (Å²) < 4.78 is 0. The molecule has 0 unspecified atom stereocenters. The van der Waals surface area contributed by atoms with Gasteiger partial charge in [0.2, 0.25) is 5.78 Å². The van der Waals surface area contributed by atoms with Gasteiger partial charge < -0.3 is 4.90 Å². The van der Waals surface area contributed by atoms with Gasteiger partial charge in [-0.3, -0.25) is 4.79 Å². The van der Waals surface area contributed by atoms with Crippen molar-refractivity contribution in [3.05, 3.63) is 102 Å². The maximum atomic E-state index is 13.0. The molecule has 0 saturated heterocycles. The zero-order valence-corrected chi connectivity index (χ0v) is 16.8. The zero-order chi connectivity index (χ0) is 20.5. The van der Waals surface area contributed by atoms with Crippen molar-refractivity contribution in [3.8, 4) is 0 Å². The largest absolute Gasteiger partial charge is 0.372 e. The Kier molecular flexibility index (Phi) is 7.06. The maximum absolute atomic E-state index is 13.0. The average molecular weight is 383 g/mol. The van der Waals surface area contributed by atoms with Crippen LogP contribution in [0, 0.1) is 0 Å². The maximum Gasteiger partial charge on any atom is 0.213 e. The molecule has 0 bridgehead atoms. The lowest BCUT2D eigenvalue weighted by atomic mass is 10.0. The first-order chi connectivity index (χ1) is 14.2. The van der Waals surface area contributed by atoms with Crippen LogP contribution in [0.25, 0.3) is 0 Å². The lowest BCUT2D eigenvalue weighted by Gasteiger charge is -2.20. The number of hydrogen-bond donors (Lipinski definition) is 0. The van der Waals surface area contributed by atoms with Crippen molar-refractivity contribution in [3.63, 3.8) is 0 Å². The van der Waals surface area contributed by atoms with Crippen molar-refractivity contribution >= 4 is 23.4 Å². The summed E-state index contributed by atoms with van der Waals surface area (Å²) in [5, 5.41) is 8.49. The van der Waals surface area contributed by atoms with Crippen LogP contribution in [0.2, 0.25) is 0 Å². The Morgan fingerprint density at radius 2 is 1.34 bits per heavy atom. The van der Waals surface area contributed by atoms with Crippen molar-refractivity contribution in [1.29, 1.82) is 0 Å². The lowest BCUT2D eigenvalue weighted by Crippen LogP contribution is -2.21. The molecule has 0 aliphatic carbocycles. The van der Waals surface area contributed by atoms with E-state index in [4.69, 9.17) is 0 Å². The monoisotopic (exact) mass is 383 g/mol. The fourth-order valence-corrected chi connectivity index (χ4v) is 3.07. The number of carbonyl (C=O) groups is 1. The van der Waals surface area contributed by atoms with Crippen LogP contribution in [0.5, 0.6) is 0 Å². The number of anilines is 1. The Morgan fingerprint density at radius 3 is 1.90 bits per heavy atom. The molecule has 0 aliphatic rings. The fourth-order valence-electron chi connectivity index (χ4n) is 3.07. The highest BCUT2D eigenvalue weighted by molar-refractivity contribution is 6.51. The molecular formula is C25H25N3O. The molecule has 0 atom stereocenters. The molecule has 4 nitrogen and oxygen atoms in total. The van der Waals surface area contributed by atoms with Crippen LogP contribution in [-0.2, 0) is 0 Å². The summed E-state index contributed by atoms with van der Waals surface area (Å²) in [6.07, 6.45) is 1.67. The number of Topliss-reactive ketones (excluding diaryl/α,β-unsaturated/α-hetero) is 1. The first-order valence-corrected chi connectivity index (χ1v) is 9.84. The standard InChI is InChI=1S/C25H25N3O/c1-3-28(4-2)23-17-15-20(16-18-23)19-26-27-24(21-11-7-5-8-12-21)25(29)22-13-9-6-10-14-22/h5-19H,3-4H2,1-2H3/b26-19+,27-24+. The van der Waals surface area contributed by atoms with Crippen molar-refractivity contribution in [2.75, 3.05) is 18.0 Å². The van der Waals surface area contributed by atoms with Gasteiger partial charge in [-0.2, -0.15) is 5.10 Å². The average Bonchev–Trinajstić information content (AvgIpc) is 2.79. The Labute approximate surface area is 172 Å². The topological polar surface area (TPSA) is 45.0 Å². The van der Waals surface area contributed by atoms with E-state index in [-0.39, 0.29) is 5.78 Å². The van der Waals surface area contributed by atoms with Gasteiger partial charge in [0.05, 0.1) is 6.21 Å². The molecule has 0 fully saturated rings. The minimum absolute atomic E-state index is 0.147. The lowest BCUT2D eigenvalue weighted by molar-refractivity contribution is 0.106. The van der Waals surface area contributed by atoms with Gasteiger partial charge in [0.1, 0.15) is 5.71 Å². The number of benzene rings is 3. The van der Waals surface area contributed by atoms with Crippen molar-refractivity contribution in [2.24, 2.45) is 10.2 Å². The summed E-state index contributed by atoms with van der Waals surface area (Å²) in [5.74, 6) is -0.147. The highest BCUT2D eigenvalue weighted by atomic mass is 16.1. The van der Waals surface area contributed by atoms with Gasteiger partial charge in [0.15, 0.2) is 0 Å². The van der Waals surface area contributed by atoms with Gasteiger partial charge in [-0.15, -0.1) is 5.10 Å². The van der Waals surface area contributed by atoms with Crippen LogP contribution >= 0.6 is 0 Å². The normalized spacial score (nSPS) is 11.6. The zero-order valence-electron chi connectivity index (χ0n) is 16.8. The van der Waals surface area contributed by atoms with Crippen LogP contribution in [-0.4, -0.2) is 30.8 Å². The second-order valence-corrected chi connectivity index (χ2v) is 6.52. The summed E-state index contributed by atoms with van der Waals surface area (Å²) in [4.78, 5) is 15.2. The fraction of sp³-hybridized carbons (Fsp3) is 0.160. The molecule has 0 aromatic heterocycles. The van der Waals surface area contributed by atoms with Gasteiger partial charge in [0, 0.05) is 29.9 Å². The summed E-state index contributed by atoms with van der Waals surface area (Å²) in [6.45, 7) is 6.22. The molecule has 0 aliphatic heterocycles. The van der Waals surface area contributed by atoms with Crippen molar-refractivity contribution < 1.29 is 4.79 Å². The number of ketones is 1. The second-order valence-electron chi connectivity index (χ2n) is 6.52. The highest BCUT2D eigenvalue weighted by Crippen LogP contribution is 2.14. The van der Waals surface area contributed by atoms with Crippen LogP contribution in [0.1, 0.15) is 35.3 Å². The predicted molar refractivity (Wildman–Crippen MR) is 121 cm³/mol. The number of carbonyl (C=O) groups excluding carboxylic acids is 1. The molecule has 3 rings (SSSR count). The number of rotatable bonds is 8. The van der Waals surface area contributed by atoms with Gasteiger partial charge in [-0.05, 0) is 31.5 Å². The SMILES string of the molecule is CCN(CC)c1ccc(/C=N/N=C(/C(=O)c2ccccc2)c2ccccc2)cc1. The minimum atomic E-state index is -0.147. The first kappa shape index (κ1) is 20.2. The number of nitrogens with zero attached hydrogens (tertiary/aromatic N) is 3.